The zero-order valence-electron chi connectivity index (χ0n) is 16.0. The van der Waals surface area contributed by atoms with Gasteiger partial charge in [-0.15, -0.1) is 0 Å². The first-order valence-corrected chi connectivity index (χ1v) is 9.90. The minimum absolute atomic E-state index is 0.0818. The summed E-state index contributed by atoms with van der Waals surface area (Å²) in [5.74, 6) is 1.75. The number of furan rings is 1. The molecule has 2 aromatic rings. The summed E-state index contributed by atoms with van der Waals surface area (Å²) in [6.45, 7) is 6.64. The van der Waals surface area contributed by atoms with Crippen LogP contribution in [0.1, 0.15) is 43.4 Å². The van der Waals surface area contributed by atoms with Crippen molar-refractivity contribution < 1.29 is 14.6 Å². The Hall–Kier alpha value is -1.37. The SMILES string of the molecule is CCN1[C@@H](c2ccc(Cl)cc2)[C@@H](CNCc2ccc(CO)o2)C[C@@]1(C)CO. The van der Waals surface area contributed by atoms with Gasteiger partial charge in [-0.2, -0.15) is 0 Å². The fourth-order valence-electron chi connectivity index (χ4n) is 4.40. The van der Waals surface area contributed by atoms with Gasteiger partial charge in [-0.3, -0.25) is 4.90 Å². The van der Waals surface area contributed by atoms with Gasteiger partial charge in [-0.05, 0) is 55.6 Å². The minimum atomic E-state index is -0.236. The van der Waals surface area contributed by atoms with Crippen molar-refractivity contribution in [3.63, 3.8) is 0 Å². The number of likely N-dealkylation sites (N-methyl/N-ethyl adjacent to an activating group) is 1. The van der Waals surface area contributed by atoms with E-state index in [2.05, 4.69) is 36.2 Å². The lowest BCUT2D eigenvalue weighted by Crippen LogP contribution is -2.45. The molecule has 0 amide bonds. The highest BCUT2D eigenvalue weighted by atomic mass is 35.5. The fraction of sp³-hybridized carbons (Fsp3) is 0.524. The normalized spacial score (nSPS) is 26.0. The molecule has 1 aliphatic heterocycles. The third-order valence-corrected chi connectivity index (χ3v) is 5.90. The van der Waals surface area contributed by atoms with Gasteiger partial charge < -0.3 is 19.9 Å². The highest BCUT2D eigenvalue weighted by Crippen LogP contribution is 2.46. The molecule has 1 fully saturated rings. The van der Waals surface area contributed by atoms with Gasteiger partial charge >= 0.3 is 0 Å². The van der Waals surface area contributed by atoms with E-state index in [0.29, 0.717) is 18.2 Å². The molecule has 5 nitrogen and oxygen atoms in total. The molecule has 3 rings (SSSR count). The largest absolute Gasteiger partial charge is 0.462 e. The van der Waals surface area contributed by atoms with Crippen LogP contribution in [0.5, 0.6) is 0 Å². The van der Waals surface area contributed by atoms with E-state index in [9.17, 15) is 5.11 Å². The quantitative estimate of drug-likeness (QED) is 0.642. The van der Waals surface area contributed by atoms with Crippen molar-refractivity contribution in [1.29, 1.82) is 0 Å². The summed E-state index contributed by atoms with van der Waals surface area (Å²) in [5.41, 5.74) is 0.992. The molecule has 3 atom stereocenters. The van der Waals surface area contributed by atoms with Crippen LogP contribution in [0.3, 0.4) is 0 Å². The highest BCUT2D eigenvalue weighted by Gasteiger charge is 2.47. The number of hydrogen-bond acceptors (Lipinski definition) is 5. The second-order valence-corrected chi connectivity index (χ2v) is 8.00. The number of aliphatic hydroxyl groups is 2. The molecule has 3 N–H and O–H groups in total. The van der Waals surface area contributed by atoms with E-state index >= 15 is 0 Å². The molecule has 6 heteroatoms. The Bertz CT molecular complexity index is 733. The zero-order chi connectivity index (χ0) is 19.4. The van der Waals surface area contributed by atoms with Crippen LogP contribution in [0.4, 0.5) is 0 Å². The molecular weight excluding hydrogens is 364 g/mol. The topological polar surface area (TPSA) is 68.9 Å². The molecule has 148 valence electrons. The summed E-state index contributed by atoms with van der Waals surface area (Å²) in [7, 11) is 0. The first-order chi connectivity index (χ1) is 13.0. The maximum Gasteiger partial charge on any atom is 0.129 e. The van der Waals surface area contributed by atoms with Gasteiger partial charge in [0.15, 0.2) is 0 Å². The Labute approximate surface area is 165 Å². The van der Waals surface area contributed by atoms with Gasteiger partial charge in [0.2, 0.25) is 0 Å². The van der Waals surface area contributed by atoms with E-state index in [4.69, 9.17) is 21.1 Å². The minimum Gasteiger partial charge on any atom is -0.462 e. The predicted molar refractivity (Wildman–Crippen MR) is 107 cm³/mol. The van der Waals surface area contributed by atoms with Crippen LogP contribution in [0, 0.1) is 5.92 Å². The Morgan fingerprint density at radius 1 is 1.19 bits per heavy atom. The molecule has 1 aromatic carbocycles. The number of nitrogens with zero attached hydrogens (tertiary/aromatic N) is 1. The average Bonchev–Trinajstić information content (AvgIpc) is 3.25. The predicted octanol–water partition coefficient (Wildman–Crippen LogP) is 3.35. The van der Waals surface area contributed by atoms with E-state index in [0.717, 1.165) is 30.3 Å². The molecule has 2 heterocycles. The van der Waals surface area contributed by atoms with Crippen LogP contribution < -0.4 is 5.32 Å². The van der Waals surface area contributed by atoms with Gasteiger partial charge in [0.25, 0.3) is 0 Å². The van der Waals surface area contributed by atoms with Gasteiger partial charge in [-0.25, -0.2) is 0 Å². The second kappa shape index (κ2) is 8.76. The molecule has 0 unspecified atom stereocenters. The number of halogens is 1. The Kier molecular flexibility index (Phi) is 6.61. The van der Waals surface area contributed by atoms with Crippen LogP contribution in [0.15, 0.2) is 40.8 Å². The second-order valence-electron chi connectivity index (χ2n) is 7.56. The van der Waals surface area contributed by atoms with Gasteiger partial charge in [0.1, 0.15) is 18.1 Å². The summed E-state index contributed by atoms with van der Waals surface area (Å²) < 4.78 is 5.55. The lowest BCUT2D eigenvalue weighted by atomic mass is 9.90. The first kappa shape index (κ1) is 20.4. The number of nitrogens with one attached hydrogen (secondary N) is 1. The third kappa shape index (κ3) is 4.39. The van der Waals surface area contributed by atoms with E-state index < -0.39 is 0 Å². The lowest BCUT2D eigenvalue weighted by Gasteiger charge is -2.37. The molecule has 0 aliphatic carbocycles. The van der Waals surface area contributed by atoms with E-state index in [1.165, 1.54) is 5.56 Å². The number of benzene rings is 1. The monoisotopic (exact) mass is 392 g/mol. The third-order valence-electron chi connectivity index (χ3n) is 5.65. The summed E-state index contributed by atoms with van der Waals surface area (Å²) in [6, 6.07) is 12.0. The molecule has 1 saturated heterocycles. The van der Waals surface area contributed by atoms with Crippen molar-refractivity contribution in [2.75, 3.05) is 19.7 Å². The number of aliphatic hydroxyl groups excluding tert-OH is 2. The maximum atomic E-state index is 10.1. The first-order valence-electron chi connectivity index (χ1n) is 9.53. The molecule has 27 heavy (non-hydrogen) atoms. The van der Waals surface area contributed by atoms with Gasteiger partial charge in [-0.1, -0.05) is 30.7 Å². The summed E-state index contributed by atoms with van der Waals surface area (Å²) in [5, 5.41) is 23.4. The average molecular weight is 393 g/mol. The molecule has 1 aliphatic rings. The van der Waals surface area contributed by atoms with E-state index in [1.807, 2.05) is 18.2 Å². The molecule has 0 spiro atoms. The summed E-state index contributed by atoms with van der Waals surface area (Å²) >= 11 is 6.08. The van der Waals surface area contributed by atoms with Crippen LogP contribution in [0.2, 0.25) is 5.02 Å². The summed E-state index contributed by atoms with van der Waals surface area (Å²) in [4.78, 5) is 2.40. The Balaban J connectivity index is 1.74. The maximum absolute atomic E-state index is 10.1. The van der Waals surface area contributed by atoms with Crippen LogP contribution >= 0.6 is 11.6 Å². The highest BCUT2D eigenvalue weighted by molar-refractivity contribution is 6.30. The standard InChI is InChI=1S/C21H29ClN2O3/c1-3-24-20(15-4-6-17(22)7-5-15)16(10-21(24,2)14-26)11-23-12-18-8-9-19(13-25)27-18/h4-9,16,20,23,25-26H,3,10-14H2,1-2H3/t16-,20+,21+/m1/s1. The molecule has 1 aromatic heterocycles. The van der Waals surface area contributed by atoms with Gasteiger partial charge in [0.05, 0.1) is 13.2 Å². The van der Waals surface area contributed by atoms with Crippen LogP contribution in [0.25, 0.3) is 0 Å². The van der Waals surface area contributed by atoms with Crippen molar-refractivity contribution in [2.24, 2.45) is 5.92 Å². The van der Waals surface area contributed by atoms with Crippen molar-refractivity contribution in [2.45, 2.75) is 45.0 Å². The van der Waals surface area contributed by atoms with Crippen LogP contribution in [-0.2, 0) is 13.2 Å². The zero-order valence-corrected chi connectivity index (χ0v) is 16.7. The Morgan fingerprint density at radius 3 is 2.48 bits per heavy atom. The van der Waals surface area contributed by atoms with Gasteiger partial charge in [0, 0.05) is 23.1 Å². The van der Waals surface area contributed by atoms with Crippen molar-refractivity contribution in [1.82, 2.24) is 10.2 Å². The smallest absolute Gasteiger partial charge is 0.129 e. The van der Waals surface area contributed by atoms with Crippen molar-refractivity contribution in [3.8, 4) is 0 Å². The molecule has 0 bridgehead atoms. The summed E-state index contributed by atoms with van der Waals surface area (Å²) in [6.07, 6.45) is 0.914. The number of hydrogen-bond donors (Lipinski definition) is 3. The van der Waals surface area contributed by atoms with Crippen LogP contribution in [-0.4, -0.2) is 40.3 Å². The van der Waals surface area contributed by atoms with E-state index in [1.54, 1.807) is 6.07 Å². The molecular formula is C21H29ClN2O3. The van der Waals surface area contributed by atoms with Crippen molar-refractivity contribution >= 4 is 11.6 Å². The lowest BCUT2D eigenvalue weighted by molar-refractivity contribution is 0.0579. The van der Waals surface area contributed by atoms with E-state index in [-0.39, 0.29) is 24.8 Å². The fourth-order valence-corrected chi connectivity index (χ4v) is 4.52. The number of rotatable bonds is 8. The molecule has 0 radical (unpaired) electrons. The molecule has 0 saturated carbocycles. The number of likely N-dealkylation sites (tertiary alicyclic amines) is 1. The Morgan fingerprint density at radius 2 is 1.89 bits per heavy atom. The van der Waals surface area contributed by atoms with Crippen molar-refractivity contribution in [3.05, 3.63) is 58.5 Å².